The van der Waals surface area contributed by atoms with Crippen molar-refractivity contribution in [3.63, 3.8) is 0 Å². The lowest BCUT2D eigenvalue weighted by Crippen LogP contribution is -2.12. The molecule has 0 fully saturated rings. The summed E-state index contributed by atoms with van der Waals surface area (Å²) in [6, 6.07) is 16.5. The van der Waals surface area contributed by atoms with Crippen LogP contribution >= 0.6 is 0 Å². The van der Waals surface area contributed by atoms with Gasteiger partial charge in [-0.3, -0.25) is 4.55 Å². The molecule has 0 saturated carbocycles. The number of hydrogen-bond donors (Lipinski definition) is 1. The van der Waals surface area contributed by atoms with Crippen LogP contribution in [0.3, 0.4) is 0 Å². The predicted molar refractivity (Wildman–Crippen MR) is 81.8 cm³/mol. The first kappa shape index (κ1) is 15.5. The highest BCUT2D eigenvalue weighted by Crippen LogP contribution is 2.32. The van der Waals surface area contributed by atoms with Crippen molar-refractivity contribution >= 4 is 10.1 Å². The number of rotatable bonds is 6. The first-order valence-electron chi connectivity index (χ1n) is 6.74. The maximum atomic E-state index is 11.5. The molecule has 2 aromatic rings. The van der Waals surface area contributed by atoms with Gasteiger partial charge in [-0.2, -0.15) is 8.42 Å². The van der Waals surface area contributed by atoms with Crippen LogP contribution in [0.15, 0.2) is 54.6 Å². The minimum atomic E-state index is -4.15. The van der Waals surface area contributed by atoms with Crippen LogP contribution < -0.4 is 4.74 Å². The molecule has 0 spiro atoms. The van der Waals surface area contributed by atoms with Gasteiger partial charge in [0.25, 0.3) is 10.1 Å². The summed E-state index contributed by atoms with van der Waals surface area (Å²) >= 11 is 0. The lowest BCUT2D eigenvalue weighted by Gasteiger charge is -2.17. The van der Waals surface area contributed by atoms with Crippen molar-refractivity contribution in [1.29, 1.82) is 0 Å². The summed E-state index contributed by atoms with van der Waals surface area (Å²) in [7, 11) is -4.15. The van der Waals surface area contributed by atoms with Crippen molar-refractivity contribution in [3.8, 4) is 5.75 Å². The van der Waals surface area contributed by atoms with Crippen molar-refractivity contribution in [2.45, 2.75) is 25.2 Å². The average molecular weight is 306 g/mol. The number of para-hydroxylation sites is 1. The molecule has 1 atom stereocenters. The largest absolute Gasteiger partial charge is 0.489 e. The Morgan fingerprint density at radius 2 is 1.67 bits per heavy atom. The van der Waals surface area contributed by atoms with Gasteiger partial charge in [0.15, 0.2) is 0 Å². The standard InChI is InChI=1S/C16H18O4S/c1-2-16(21(17,18)19)14-10-6-7-11-15(14)20-12-13-8-4-3-5-9-13/h3-11,16H,2,12H2,1H3,(H,17,18,19). The van der Waals surface area contributed by atoms with Crippen LogP contribution in [0.2, 0.25) is 0 Å². The molecule has 0 amide bonds. The van der Waals surface area contributed by atoms with Crippen LogP contribution in [0.25, 0.3) is 0 Å². The molecule has 21 heavy (non-hydrogen) atoms. The molecule has 1 unspecified atom stereocenters. The van der Waals surface area contributed by atoms with Crippen molar-refractivity contribution in [2.75, 3.05) is 0 Å². The summed E-state index contributed by atoms with van der Waals surface area (Å²) in [5.74, 6) is 0.478. The highest BCUT2D eigenvalue weighted by Gasteiger charge is 2.26. The van der Waals surface area contributed by atoms with E-state index in [0.717, 1.165) is 5.56 Å². The fraction of sp³-hybridized carbons (Fsp3) is 0.250. The monoisotopic (exact) mass is 306 g/mol. The van der Waals surface area contributed by atoms with Crippen LogP contribution in [0.5, 0.6) is 5.75 Å². The van der Waals surface area contributed by atoms with Gasteiger partial charge in [0, 0.05) is 5.56 Å². The SMILES string of the molecule is CCC(c1ccccc1OCc1ccccc1)S(=O)(=O)O. The Morgan fingerprint density at radius 3 is 2.29 bits per heavy atom. The molecule has 4 nitrogen and oxygen atoms in total. The summed E-state index contributed by atoms with van der Waals surface area (Å²) in [4.78, 5) is 0. The normalized spacial score (nSPS) is 12.9. The van der Waals surface area contributed by atoms with Crippen LogP contribution in [-0.4, -0.2) is 13.0 Å². The van der Waals surface area contributed by atoms with Gasteiger partial charge >= 0.3 is 0 Å². The van der Waals surface area contributed by atoms with Gasteiger partial charge in [0.1, 0.15) is 17.6 Å². The van der Waals surface area contributed by atoms with Crippen LogP contribution in [0, 0.1) is 0 Å². The van der Waals surface area contributed by atoms with E-state index in [-0.39, 0.29) is 6.42 Å². The van der Waals surface area contributed by atoms with E-state index < -0.39 is 15.4 Å². The fourth-order valence-corrected chi connectivity index (χ4v) is 3.14. The van der Waals surface area contributed by atoms with E-state index in [4.69, 9.17) is 4.74 Å². The third-order valence-corrected chi connectivity index (χ3v) is 4.54. The zero-order valence-corrected chi connectivity index (χ0v) is 12.6. The Labute approximate surface area is 125 Å². The Kier molecular flexibility index (Phi) is 4.98. The Hall–Kier alpha value is -1.85. The summed E-state index contributed by atoms with van der Waals surface area (Å²) in [5, 5.41) is -0.968. The fourth-order valence-electron chi connectivity index (χ4n) is 2.20. The molecule has 0 aliphatic rings. The van der Waals surface area contributed by atoms with Crippen molar-refractivity contribution in [3.05, 3.63) is 65.7 Å². The molecule has 2 aromatic carbocycles. The first-order chi connectivity index (χ1) is 10.0. The van der Waals surface area contributed by atoms with Crippen molar-refractivity contribution in [1.82, 2.24) is 0 Å². The highest BCUT2D eigenvalue weighted by molar-refractivity contribution is 7.86. The molecule has 1 N–H and O–H groups in total. The molecule has 112 valence electrons. The molecule has 0 heterocycles. The van der Waals surface area contributed by atoms with E-state index >= 15 is 0 Å². The second-order valence-electron chi connectivity index (χ2n) is 4.72. The van der Waals surface area contributed by atoms with Gasteiger partial charge in [0.2, 0.25) is 0 Å². The summed E-state index contributed by atoms with van der Waals surface area (Å²) in [6.45, 7) is 2.06. The van der Waals surface area contributed by atoms with Crippen LogP contribution in [-0.2, 0) is 16.7 Å². The Bertz CT molecular complexity index is 680. The lowest BCUT2D eigenvalue weighted by atomic mass is 10.1. The molecule has 0 saturated heterocycles. The van der Waals surface area contributed by atoms with Crippen LogP contribution in [0.4, 0.5) is 0 Å². The van der Waals surface area contributed by atoms with E-state index in [0.29, 0.717) is 17.9 Å². The van der Waals surface area contributed by atoms with Crippen molar-refractivity contribution < 1.29 is 17.7 Å². The molecule has 0 bridgehead atoms. The zero-order chi connectivity index (χ0) is 15.3. The Balaban J connectivity index is 2.25. The summed E-state index contributed by atoms with van der Waals surface area (Å²) in [6.07, 6.45) is 0.282. The molecular formula is C16H18O4S. The van der Waals surface area contributed by atoms with Gasteiger partial charge < -0.3 is 4.74 Å². The molecule has 5 heteroatoms. The number of benzene rings is 2. The van der Waals surface area contributed by atoms with Gasteiger partial charge in [-0.1, -0.05) is 55.5 Å². The van der Waals surface area contributed by atoms with Crippen LogP contribution in [0.1, 0.15) is 29.7 Å². The van der Waals surface area contributed by atoms with E-state index in [1.54, 1.807) is 31.2 Å². The minimum Gasteiger partial charge on any atom is -0.489 e. The van der Waals surface area contributed by atoms with E-state index in [1.165, 1.54) is 0 Å². The highest BCUT2D eigenvalue weighted by atomic mass is 32.2. The molecule has 0 aliphatic carbocycles. The quantitative estimate of drug-likeness (QED) is 0.828. The van der Waals surface area contributed by atoms with Gasteiger partial charge in [-0.25, -0.2) is 0 Å². The van der Waals surface area contributed by atoms with E-state index in [1.807, 2.05) is 30.3 Å². The third kappa shape index (κ3) is 4.06. The minimum absolute atomic E-state index is 0.282. The zero-order valence-electron chi connectivity index (χ0n) is 11.8. The summed E-state index contributed by atoms with van der Waals surface area (Å²) < 4.78 is 38.1. The first-order valence-corrected chi connectivity index (χ1v) is 8.24. The molecule has 2 rings (SSSR count). The lowest BCUT2D eigenvalue weighted by molar-refractivity contribution is 0.302. The molecule has 0 aliphatic heterocycles. The van der Waals surface area contributed by atoms with E-state index in [9.17, 15) is 13.0 Å². The van der Waals surface area contributed by atoms with E-state index in [2.05, 4.69) is 0 Å². The maximum absolute atomic E-state index is 11.5. The molecule has 0 radical (unpaired) electrons. The smallest absolute Gasteiger partial charge is 0.272 e. The topological polar surface area (TPSA) is 63.6 Å². The number of ether oxygens (including phenoxy) is 1. The summed E-state index contributed by atoms with van der Waals surface area (Å²) in [5.41, 5.74) is 1.48. The second-order valence-corrected chi connectivity index (χ2v) is 6.32. The average Bonchev–Trinajstić information content (AvgIpc) is 2.46. The maximum Gasteiger partial charge on any atom is 0.272 e. The molecule has 0 aromatic heterocycles. The number of hydrogen-bond acceptors (Lipinski definition) is 3. The van der Waals surface area contributed by atoms with Gasteiger partial charge in [-0.15, -0.1) is 0 Å². The van der Waals surface area contributed by atoms with Gasteiger partial charge in [0.05, 0.1) is 0 Å². The second kappa shape index (κ2) is 6.74. The van der Waals surface area contributed by atoms with Crippen molar-refractivity contribution in [2.24, 2.45) is 0 Å². The predicted octanol–water partition coefficient (Wildman–Crippen LogP) is 3.60. The third-order valence-electron chi connectivity index (χ3n) is 3.23. The molecular weight excluding hydrogens is 288 g/mol. The van der Waals surface area contributed by atoms with Gasteiger partial charge in [-0.05, 0) is 18.1 Å². The Morgan fingerprint density at radius 1 is 1.05 bits per heavy atom.